The molecule has 0 amide bonds. The molecule has 112 valence electrons. The number of nitrogens with zero attached hydrogens (tertiary/aromatic N) is 4. The summed E-state index contributed by atoms with van der Waals surface area (Å²) in [5, 5.41) is 0. The Morgan fingerprint density at radius 3 is 2.10 bits per heavy atom. The van der Waals surface area contributed by atoms with Crippen LogP contribution in [0.4, 0.5) is 5.95 Å². The highest BCUT2D eigenvalue weighted by Gasteiger charge is 2.20. The second-order valence-electron chi connectivity index (χ2n) is 4.14. The Morgan fingerprint density at radius 2 is 1.70 bits per heavy atom. The zero-order valence-electron chi connectivity index (χ0n) is 12.4. The Morgan fingerprint density at radius 1 is 1.15 bits per heavy atom. The summed E-state index contributed by atoms with van der Waals surface area (Å²) >= 11 is 0. The van der Waals surface area contributed by atoms with E-state index in [0.29, 0.717) is 12.6 Å². The molecule has 0 atom stereocenters. The first kappa shape index (κ1) is 15.9. The molecule has 0 aromatic carbocycles. The lowest BCUT2D eigenvalue weighted by Crippen LogP contribution is -2.38. The maximum atomic E-state index is 11.6. The number of carbonyl (C=O) groups excluding carboxylic acids is 1. The average molecular weight is 284 g/mol. The molecule has 20 heavy (non-hydrogen) atoms. The van der Waals surface area contributed by atoms with Gasteiger partial charge in [-0.25, -0.2) is 0 Å². The Hall–Kier alpha value is -2.12. The molecule has 8 heteroatoms. The first-order valence-electron chi connectivity index (χ1n) is 6.28. The van der Waals surface area contributed by atoms with Gasteiger partial charge in [0.05, 0.1) is 20.8 Å². The van der Waals surface area contributed by atoms with Gasteiger partial charge in [-0.05, 0) is 20.8 Å². The van der Waals surface area contributed by atoms with Crippen molar-refractivity contribution in [3.63, 3.8) is 0 Å². The molecular formula is C12H20N4O4. The van der Waals surface area contributed by atoms with Crippen molar-refractivity contribution < 1.29 is 19.0 Å². The van der Waals surface area contributed by atoms with Gasteiger partial charge < -0.3 is 19.1 Å². The lowest BCUT2D eigenvalue weighted by Gasteiger charge is -2.25. The molecule has 8 nitrogen and oxygen atoms in total. The van der Waals surface area contributed by atoms with E-state index in [2.05, 4.69) is 15.0 Å². The molecule has 1 heterocycles. The Kier molecular flexibility index (Phi) is 5.95. The van der Waals surface area contributed by atoms with Crippen molar-refractivity contribution in [1.82, 2.24) is 15.0 Å². The van der Waals surface area contributed by atoms with E-state index in [1.165, 1.54) is 14.2 Å². The number of esters is 1. The molecule has 0 bridgehead atoms. The molecule has 1 aromatic rings. The third-order valence-electron chi connectivity index (χ3n) is 2.43. The van der Waals surface area contributed by atoms with Crippen LogP contribution in [0.3, 0.4) is 0 Å². The van der Waals surface area contributed by atoms with Crippen molar-refractivity contribution in [3.05, 3.63) is 0 Å². The van der Waals surface area contributed by atoms with Gasteiger partial charge in [0, 0.05) is 6.04 Å². The van der Waals surface area contributed by atoms with E-state index in [1.807, 2.05) is 13.8 Å². The van der Waals surface area contributed by atoms with E-state index >= 15 is 0 Å². The predicted octanol–water partition coefficient (Wildman–Crippen LogP) is 0.667. The quantitative estimate of drug-likeness (QED) is 0.675. The van der Waals surface area contributed by atoms with Crippen molar-refractivity contribution in [2.24, 2.45) is 0 Å². The van der Waals surface area contributed by atoms with Crippen LogP contribution in [0.15, 0.2) is 0 Å². The van der Waals surface area contributed by atoms with Gasteiger partial charge in [-0.1, -0.05) is 0 Å². The van der Waals surface area contributed by atoms with Crippen molar-refractivity contribution in [3.8, 4) is 12.0 Å². The van der Waals surface area contributed by atoms with Crippen molar-refractivity contribution in [2.75, 3.05) is 32.3 Å². The first-order chi connectivity index (χ1) is 9.51. The van der Waals surface area contributed by atoms with E-state index in [1.54, 1.807) is 11.8 Å². The van der Waals surface area contributed by atoms with Crippen LogP contribution in [0.25, 0.3) is 0 Å². The van der Waals surface area contributed by atoms with Gasteiger partial charge in [0.25, 0.3) is 0 Å². The van der Waals surface area contributed by atoms with E-state index in [9.17, 15) is 4.79 Å². The van der Waals surface area contributed by atoms with Crippen LogP contribution >= 0.6 is 0 Å². The third kappa shape index (κ3) is 4.22. The van der Waals surface area contributed by atoms with E-state index < -0.39 is 0 Å². The van der Waals surface area contributed by atoms with Crippen LogP contribution in [0, 0.1) is 0 Å². The Labute approximate surface area is 118 Å². The average Bonchev–Trinajstić information content (AvgIpc) is 2.44. The lowest BCUT2D eigenvalue weighted by molar-refractivity contribution is -0.141. The molecule has 0 aliphatic heterocycles. The molecule has 0 fully saturated rings. The number of aromatic nitrogens is 3. The normalized spacial score (nSPS) is 10.3. The van der Waals surface area contributed by atoms with Crippen molar-refractivity contribution >= 4 is 11.9 Å². The second kappa shape index (κ2) is 7.46. The first-order valence-corrected chi connectivity index (χ1v) is 6.28. The zero-order valence-corrected chi connectivity index (χ0v) is 12.4. The number of anilines is 1. The summed E-state index contributed by atoms with van der Waals surface area (Å²) in [6.07, 6.45) is 0. The molecule has 0 saturated carbocycles. The van der Waals surface area contributed by atoms with Crippen LogP contribution in [0.5, 0.6) is 12.0 Å². The standard InChI is InChI=1S/C12H20N4O4/c1-6-20-9(17)7-16(8(2)3)10-13-11(18-4)15-12(14-10)19-5/h8H,6-7H2,1-5H3. The molecule has 0 aliphatic carbocycles. The highest BCUT2D eigenvalue weighted by molar-refractivity contribution is 5.75. The number of ether oxygens (including phenoxy) is 3. The number of methoxy groups -OCH3 is 2. The second-order valence-corrected chi connectivity index (χ2v) is 4.14. The maximum Gasteiger partial charge on any atom is 0.325 e. The van der Waals surface area contributed by atoms with Gasteiger partial charge >= 0.3 is 18.0 Å². The molecule has 0 unspecified atom stereocenters. The van der Waals surface area contributed by atoms with Gasteiger partial charge in [0.1, 0.15) is 6.54 Å². The molecule has 0 spiro atoms. The number of rotatable bonds is 7. The minimum atomic E-state index is -0.348. The van der Waals surface area contributed by atoms with Crippen LogP contribution in [-0.4, -0.2) is 54.3 Å². The Bertz CT molecular complexity index is 431. The largest absolute Gasteiger partial charge is 0.467 e. The summed E-state index contributed by atoms with van der Waals surface area (Å²) in [4.78, 5) is 25.5. The van der Waals surface area contributed by atoms with Crippen LogP contribution in [-0.2, 0) is 9.53 Å². The predicted molar refractivity (Wildman–Crippen MR) is 72.0 cm³/mol. The van der Waals surface area contributed by atoms with Gasteiger partial charge in [-0.3, -0.25) is 4.79 Å². The monoisotopic (exact) mass is 284 g/mol. The maximum absolute atomic E-state index is 11.6. The number of carbonyl (C=O) groups is 1. The number of hydrogen-bond acceptors (Lipinski definition) is 8. The molecule has 0 N–H and O–H groups in total. The van der Waals surface area contributed by atoms with Crippen LogP contribution in [0.2, 0.25) is 0 Å². The molecule has 0 radical (unpaired) electrons. The van der Waals surface area contributed by atoms with Gasteiger partial charge in [-0.15, -0.1) is 4.98 Å². The van der Waals surface area contributed by atoms with Crippen molar-refractivity contribution in [2.45, 2.75) is 26.8 Å². The SMILES string of the molecule is CCOC(=O)CN(c1nc(OC)nc(OC)n1)C(C)C. The van der Waals surface area contributed by atoms with E-state index in [4.69, 9.17) is 14.2 Å². The van der Waals surface area contributed by atoms with Crippen LogP contribution in [0.1, 0.15) is 20.8 Å². The zero-order chi connectivity index (χ0) is 15.1. The summed E-state index contributed by atoms with van der Waals surface area (Å²) in [6, 6.07) is 0.249. The smallest absolute Gasteiger partial charge is 0.325 e. The third-order valence-corrected chi connectivity index (χ3v) is 2.43. The van der Waals surface area contributed by atoms with Crippen molar-refractivity contribution in [1.29, 1.82) is 0 Å². The van der Waals surface area contributed by atoms with Crippen LogP contribution < -0.4 is 14.4 Å². The molecular weight excluding hydrogens is 264 g/mol. The molecule has 0 saturated heterocycles. The summed E-state index contributed by atoms with van der Waals surface area (Å²) in [5.41, 5.74) is 0. The fourth-order valence-electron chi connectivity index (χ4n) is 1.47. The Balaban J connectivity index is 3.04. The van der Waals surface area contributed by atoms with Gasteiger partial charge in [-0.2, -0.15) is 9.97 Å². The minimum Gasteiger partial charge on any atom is -0.467 e. The van der Waals surface area contributed by atoms with Gasteiger partial charge in [0.2, 0.25) is 5.95 Å². The topological polar surface area (TPSA) is 86.7 Å². The lowest BCUT2D eigenvalue weighted by atomic mass is 10.3. The fourth-order valence-corrected chi connectivity index (χ4v) is 1.47. The molecule has 0 aliphatic rings. The fraction of sp³-hybridized carbons (Fsp3) is 0.667. The summed E-state index contributed by atoms with van der Waals surface area (Å²) < 4.78 is 14.9. The van der Waals surface area contributed by atoms with Gasteiger partial charge in [0.15, 0.2) is 0 Å². The molecule has 1 aromatic heterocycles. The summed E-state index contributed by atoms with van der Waals surface area (Å²) in [6.45, 7) is 5.97. The molecule has 1 rings (SSSR count). The minimum absolute atomic E-state index is 0.00350. The summed E-state index contributed by atoms with van der Waals surface area (Å²) in [7, 11) is 2.90. The van der Waals surface area contributed by atoms with E-state index in [0.717, 1.165) is 0 Å². The highest BCUT2D eigenvalue weighted by atomic mass is 16.5. The number of hydrogen-bond donors (Lipinski definition) is 0. The summed E-state index contributed by atoms with van der Waals surface area (Å²) in [5.74, 6) is -0.0451. The van der Waals surface area contributed by atoms with E-state index in [-0.39, 0.29) is 30.6 Å². The highest BCUT2D eigenvalue weighted by Crippen LogP contribution is 2.17.